The predicted molar refractivity (Wildman–Crippen MR) is 72.3 cm³/mol. The van der Waals surface area contributed by atoms with Crippen molar-refractivity contribution in [2.75, 3.05) is 26.3 Å². The minimum Gasteiger partial charge on any atom is -0.395 e. The average Bonchev–Trinajstić information content (AvgIpc) is 2.41. The van der Waals surface area contributed by atoms with Crippen molar-refractivity contribution in [2.45, 2.75) is 12.8 Å². The van der Waals surface area contributed by atoms with Gasteiger partial charge in [0.1, 0.15) is 5.41 Å². The van der Waals surface area contributed by atoms with Gasteiger partial charge in [-0.2, -0.15) is 0 Å². The molecule has 0 rings (SSSR count). The Hall–Kier alpha value is -1.66. The van der Waals surface area contributed by atoms with Crippen LogP contribution in [0.15, 0.2) is 25.3 Å². The van der Waals surface area contributed by atoms with Gasteiger partial charge in [0.05, 0.1) is 13.2 Å². The summed E-state index contributed by atoms with van der Waals surface area (Å²) in [7, 11) is 0. The Morgan fingerprint density at radius 2 is 1.32 bits per heavy atom. The third kappa shape index (κ3) is 4.84. The van der Waals surface area contributed by atoms with Crippen molar-refractivity contribution in [3.63, 3.8) is 0 Å². The van der Waals surface area contributed by atoms with E-state index in [4.69, 9.17) is 10.2 Å². The van der Waals surface area contributed by atoms with E-state index in [-0.39, 0.29) is 39.1 Å². The molecule has 108 valence electrons. The van der Waals surface area contributed by atoms with Gasteiger partial charge >= 0.3 is 0 Å². The molecule has 6 heteroatoms. The highest BCUT2D eigenvalue weighted by Crippen LogP contribution is 2.28. The van der Waals surface area contributed by atoms with E-state index in [1.54, 1.807) is 0 Å². The molecule has 0 aliphatic rings. The molecular formula is C13H22N2O4. The molecule has 4 N–H and O–H groups in total. The van der Waals surface area contributed by atoms with Crippen molar-refractivity contribution in [1.82, 2.24) is 10.6 Å². The van der Waals surface area contributed by atoms with Crippen molar-refractivity contribution in [2.24, 2.45) is 5.41 Å². The number of nitrogens with one attached hydrogen (secondary N) is 2. The van der Waals surface area contributed by atoms with Gasteiger partial charge in [0.25, 0.3) is 0 Å². The fourth-order valence-corrected chi connectivity index (χ4v) is 1.73. The van der Waals surface area contributed by atoms with E-state index in [0.717, 1.165) is 0 Å². The van der Waals surface area contributed by atoms with Crippen LogP contribution in [0.1, 0.15) is 12.8 Å². The number of allylic oxidation sites excluding steroid dienone is 2. The van der Waals surface area contributed by atoms with Crippen LogP contribution in [-0.2, 0) is 9.59 Å². The normalized spacial score (nSPS) is 10.6. The van der Waals surface area contributed by atoms with E-state index in [0.29, 0.717) is 0 Å². The van der Waals surface area contributed by atoms with Crippen molar-refractivity contribution in [3.05, 3.63) is 25.3 Å². The third-order valence-electron chi connectivity index (χ3n) is 2.65. The smallest absolute Gasteiger partial charge is 0.236 e. The second kappa shape index (κ2) is 9.29. The van der Waals surface area contributed by atoms with Crippen molar-refractivity contribution >= 4 is 11.8 Å². The number of hydrogen-bond donors (Lipinski definition) is 4. The second-order valence-corrected chi connectivity index (χ2v) is 4.03. The van der Waals surface area contributed by atoms with E-state index >= 15 is 0 Å². The molecule has 0 aromatic rings. The van der Waals surface area contributed by atoms with Crippen LogP contribution in [0.3, 0.4) is 0 Å². The Balaban J connectivity index is 5.14. The summed E-state index contributed by atoms with van der Waals surface area (Å²) in [5.41, 5.74) is -1.34. The van der Waals surface area contributed by atoms with Gasteiger partial charge < -0.3 is 20.8 Å². The summed E-state index contributed by atoms with van der Waals surface area (Å²) in [5, 5.41) is 22.4. The Morgan fingerprint density at radius 3 is 1.58 bits per heavy atom. The first-order valence-electron chi connectivity index (χ1n) is 6.09. The summed E-state index contributed by atoms with van der Waals surface area (Å²) in [5.74, 6) is -0.978. The fourth-order valence-electron chi connectivity index (χ4n) is 1.73. The lowest BCUT2D eigenvalue weighted by Gasteiger charge is -2.29. The maximum atomic E-state index is 12.2. The van der Waals surface area contributed by atoms with E-state index in [2.05, 4.69) is 23.8 Å². The number of hydrogen-bond acceptors (Lipinski definition) is 4. The number of aliphatic hydroxyl groups is 2. The largest absolute Gasteiger partial charge is 0.395 e. The summed E-state index contributed by atoms with van der Waals surface area (Å²) in [6.45, 7) is 6.85. The molecule has 0 radical (unpaired) electrons. The predicted octanol–water partition coefficient (Wildman–Crippen LogP) is -0.658. The lowest BCUT2D eigenvalue weighted by atomic mass is 9.79. The van der Waals surface area contributed by atoms with Gasteiger partial charge in [-0.15, -0.1) is 13.2 Å². The fraction of sp³-hybridized carbons (Fsp3) is 0.538. The maximum Gasteiger partial charge on any atom is 0.236 e. The van der Waals surface area contributed by atoms with Crippen LogP contribution in [0.2, 0.25) is 0 Å². The van der Waals surface area contributed by atoms with Crippen LogP contribution in [0.5, 0.6) is 0 Å². The molecule has 19 heavy (non-hydrogen) atoms. The van der Waals surface area contributed by atoms with Crippen molar-refractivity contribution in [1.29, 1.82) is 0 Å². The van der Waals surface area contributed by atoms with E-state index < -0.39 is 17.2 Å². The molecule has 0 aromatic heterocycles. The van der Waals surface area contributed by atoms with Crippen molar-refractivity contribution < 1.29 is 19.8 Å². The molecule has 0 aliphatic carbocycles. The first kappa shape index (κ1) is 17.3. The highest BCUT2D eigenvalue weighted by molar-refractivity contribution is 6.05. The number of amides is 2. The summed E-state index contributed by atoms with van der Waals surface area (Å²) in [4.78, 5) is 24.3. The number of aliphatic hydroxyl groups excluding tert-OH is 2. The quantitative estimate of drug-likeness (QED) is 0.313. The van der Waals surface area contributed by atoms with Gasteiger partial charge in [-0.3, -0.25) is 9.59 Å². The lowest BCUT2D eigenvalue weighted by Crippen LogP contribution is -2.52. The Bertz CT molecular complexity index is 297. The molecule has 0 heterocycles. The molecule has 0 atom stereocenters. The topological polar surface area (TPSA) is 98.7 Å². The zero-order chi connectivity index (χ0) is 14.7. The molecule has 0 aliphatic heterocycles. The number of carbonyl (C=O) groups excluding carboxylic acids is 2. The zero-order valence-electron chi connectivity index (χ0n) is 11.0. The molecule has 0 saturated carbocycles. The summed E-state index contributed by atoms with van der Waals surface area (Å²) >= 11 is 0. The van der Waals surface area contributed by atoms with Crippen LogP contribution in [0.4, 0.5) is 0 Å². The zero-order valence-corrected chi connectivity index (χ0v) is 11.0. The molecular weight excluding hydrogens is 248 g/mol. The first-order chi connectivity index (χ1) is 9.08. The second-order valence-electron chi connectivity index (χ2n) is 4.03. The molecule has 6 nitrogen and oxygen atoms in total. The maximum absolute atomic E-state index is 12.2. The monoisotopic (exact) mass is 270 g/mol. The average molecular weight is 270 g/mol. The Kier molecular flexibility index (Phi) is 8.48. The van der Waals surface area contributed by atoms with Crippen LogP contribution in [0, 0.1) is 5.41 Å². The standard InChI is InChI=1S/C13H22N2O4/c1-3-5-13(6-4-2,11(18)14-7-9-16)12(19)15-8-10-17/h3-4,16-17H,1-2,5-10H2,(H,14,18)(H,15,19). The molecule has 2 amide bonds. The minimum atomic E-state index is -1.34. The first-order valence-corrected chi connectivity index (χ1v) is 6.09. The highest BCUT2D eigenvalue weighted by Gasteiger charge is 2.43. The van der Waals surface area contributed by atoms with E-state index in [1.807, 2.05) is 0 Å². The van der Waals surface area contributed by atoms with Crippen molar-refractivity contribution in [3.8, 4) is 0 Å². The minimum absolute atomic E-state index is 0.0716. The van der Waals surface area contributed by atoms with Crippen LogP contribution in [0.25, 0.3) is 0 Å². The molecule has 0 unspecified atom stereocenters. The van der Waals surface area contributed by atoms with Gasteiger partial charge in [0.15, 0.2) is 0 Å². The third-order valence-corrected chi connectivity index (χ3v) is 2.65. The van der Waals surface area contributed by atoms with Gasteiger partial charge in [-0.1, -0.05) is 12.2 Å². The van der Waals surface area contributed by atoms with E-state index in [9.17, 15) is 9.59 Å². The number of rotatable bonds is 10. The lowest BCUT2D eigenvalue weighted by molar-refractivity contribution is -0.143. The summed E-state index contributed by atoms with van der Waals surface area (Å²) < 4.78 is 0. The van der Waals surface area contributed by atoms with Gasteiger partial charge in [-0.25, -0.2) is 0 Å². The van der Waals surface area contributed by atoms with Crippen LogP contribution in [-0.4, -0.2) is 48.3 Å². The SMILES string of the molecule is C=CCC(CC=C)(C(=O)NCCO)C(=O)NCCO. The highest BCUT2D eigenvalue weighted by atomic mass is 16.3. The van der Waals surface area contributed by atoms with Gasteiger partial charge in [-0.05, 0) is 12.8 Å². The van der Waals surface area contributed by atoms with Crippen LogP contribution >= 0.6 is 0 Å². The van der Waals surface area contributed by atoms with Gasteiger partial charge in [0.2, 0.25) is 11.8 Å². The number of carbonyl (C=O) groups is 2. The Labute approximate surface area is 113 Å². The molecule has 0 bridgehead atoms. The summed E-state index contributed by atoms with van der Waals surface area (Å²) in [6.07, 6.45) is 3.27. The summed E-state index contributed by atoms with van der Waals surface area (Å²) in [6, 6.07) is 0. The Morgan fingerprint density at radius 1 is 0.947 bits per heavy atom. The molecule has 0 aromatic carbocycles. The van der Waals surface area contributed by atoms with Gasteiger partial charge in [0, 0.05) is 13.1 Å². The van der Waals surface area contributed by atoms with Crippen LogP contribution < -0.4 is 10.6 Å². The molecule has 0 fully saturated rings. The molecule has 0 saturated heterocycles. The van der Waals surface area contributed by atoms with E-state index in [1.165, 1.54) is 12.2 Å². The molecule has 0 spiro atoms.